The summed E-state index contributed by atoms with van der Waals surface area (Å²) in [5.74, 6) is 0.887. The molecule has 1 saturated carbocycles. The third-order valence-electron chi connectivity index (χ3n) is 5.07. The first-order chi connectivity index (χ1) is 9.79. The zero-order valence-corrected chi connectivity index (χ0v) is 12.5. The van der Waals surface area contributed by atoms with Crippen LogP contribution < -0.4 is 4.90 Å². The molecule has 2 heterocycles. The van der Waals surface area contributed by atoms with Gasteiger partial charge < -0.3 is 10.0 Å². The third kappa shape index (κ3) is 2.69. The van der Waals surface area contributed by atoms with Crippen molar-refractivity contribution >= 4 is 5.69 Å². The van der Waals surface area contributed by atoms with Crippen LogP contribution in [0.4, 0.5) is 5.69 Å². The van der Waals surface area contributed by atoms with Crippen LogP contribution in [0.3, 0.4) is 0 Å². The zero-order chi connectivity index (χ0) is 13.9. The number of aliphatic hydroxyl groups is 1. The standard InChI is InChI=1S/C17H26N2O/c1-2-17(20)15-10-9-14(12-18-15)19-11-5-8-16(19)13-6-3-4-7-13/h9-10,12-13,16-17,20H,2-8,11H2,1H3/t16?,17-/m0/s1. The molecule has 1 saturated heterocycles. The minimum absolute atomic E-state index is 0.423. The van der Waals surface area contributed by atoms with Gasteiger partial charge in [0.25, 0.3) is 0 Å². The molecule has 2 fully saturated rings. The van der Waals surface area contributed by atoms with E-state index in [9.17, 15) is 5.11 Å². The fraction of sp³-hybridized carbons (Fsp3) is 0.706. The molecule has 2 atom stereocenters. The lowest BCUT2D eigenvalue weighted by molar-refractivity contribution is 0.169. The van der Waals surface area contributed by atoms with E-state index in [-0.39, 0.29) is 0 Å². The van der Waals surface area contributed by atoms with Gasteiger partial charge in [0.15, 0.2) is 0 Å². The number of aromatic nitrogens is 1. The van der Waals surface area contributed by atoms with Crippen molar-refractivity contribution in [1.29, 1.82) is 0 Å². The molecule has 3 heteroatoms. The molecule has 3 nitrogen and oxygen atoms in total. The van der Waals surface area contributed by atoms with Crippen molar-refractivity contribution < 1.29 is 5.11 Å². The maximum atomic E-state index is 9.83. The van der Waals surface area contributed by atoms with Crippen LogP contribution in [0, 0.1) is 5.92 Å². The molecule has 110 valence electrons. The van der Waals surface area contributed by atoms with Gasteiger partial charge in [0, 0.05) is 12.6 Å². The van der Waals surface area contributed by atoms with Crippen LogP contribution in [0.5, 0.6) is 0 Å². The molecule has 1 aromatic rings. The first kappa shape index (κ1) is 13.9. The number of pyridine rings is 1. The fourth-order valence-electron chi connectivity index (χ4n) is 3.92. The van der Waals surface area contributed by atoms with Crippen molar-refractivity contribution in [2.45, 2.75) is 64.0 Å². The summed E-state index contributed by atoms with van der Waals surface area (Å²) in [6, 6.07) is 4.86. The van der Waals surface area contributed by atoms with Crippen molar-refractivity contribution in [3.8, 4) is 0 Å². The van der Waals surface area contributed by atoms with E-state index in [0.717, 1.165) is 24.1 Å². The van der Waals surface area contributed by atoms with E-state index in [2.05, 4.69) is 16.0 Å². The van der Waals surface area contributed by atoms with Crippen LogP contribution in [0.1, 0.15) is 63.7 Å². The largest absolute Gasteiger partial charge is 0.387 e. The van der Waals surface area contributed by atoms with Gasteiger partial charge in [-0.2, -0.15) is 0 Å². The van der Waals surface area contributed by atoms with Crippen molar-refractivity contribution in [2.24, 2.45) is 5.92 Å². The van der Waals surface area contributed by atoms with E-state index in [1.165, 1.54) is 50.8 Å². The average molecular weight is 274 g/mol. The first-order valence-electron chi connectivity index (χ1n) is 8.20. The summed E-state index contributed by atoms with van der Waals surface area (Å²) in [5, 5.41) is 9.83. The number of hydrogen-bond acceptors (Lipinski definition) is 3. The Morgan fingerprint density at radius 3 is 2.70 bits per heavy atom. The summed E-state index contributed by atoms with van der Waals surface area (Å²) in [6.07, 6.45) is 10.5. The molecule has 0 radical (unpaired) electrons. The van der Waals surface area contributed by atoms with Crippen LogP contribution >= 0.6 is 0 Å². The minimum atomic E-state index is -0.423. The van der Waals surface area contributed by atoms with Gasteiger partial charge in [-0.3, -0.25) is 4.98 Å². The smallest absolute Gasteiger partial charge is 0.0957 e. The van der Waals surface area contributed by atoms with Gasteiger partial charge >= 0.3 is 0 Å². The third-order valence-corrected chi connectivity index (χ3v) is 5.07. The van der Waals surface area contributed by atoms with E-state index < -0.39 is 6.10 Å². The lowest BCUT2D eigenvalue weighted by Gasteiger charge is -2.31. The van der Waals surface area contributed by atoms with Gasteiger partial charge in [0.2, 0.25) is 0 Å². The van der Waals surface area contributed by atoms with Crippen molar-refractivity contribution in [2.75, 3.05) is 11.4 Å². The first-order valence-corrected chi connectivity index (χ1v) is 8.20. The highest BCUT2D eigenvalue weighted by molar-refractivity contribution is 5.47. The minimum Gasteiger partial charge on any atom is -0.387 e. The molecule has 1 aromatic heterocycles. The Morgan fingerprint density at radius 1 is 1.25 bits per heavy atom. The van der Waals surface area contributed by atoms with Crippen LogP contribution in [0.25, 0.3) is 0 Å². The van der Waals surface area contributed by atoms with Gasteiger partial charge in [-0.05, 0) is 50.2 Å². The Balaban J connectivity index is 1.74. The normalized spacial score (nSPS) is 25.3. The Labute approximate surface area is 122 Å². The Bertz CT molecular complexity index is 425. The van der Waals surface area contributed by atoms with Crippen molar-refractivity contribution in [1.82, 2.24) is 4.98 Å². The topological polar surface area (TPSA) is 36.4 Å². The Kier molecular flexibility index (Phi) is 4.25. The highest BCUT2D eigenvalue weighted by atomic mass is 16.3. The highest BCUT2D eigenvalue weighted by Crippen LogP contribution is 2.37. The molecule has 2 aliphatic rings. The predicted octanol–water partition coefficient (Wildman–Crippen LogP) is 3.68. The summed E-state index contributed by atoms with van der Waals surface area (Å²) >= 11 is 0. The van der Waals surface area contributed by atoms with Gasteiger partial charge in [-0.1, -0.05) is 19.8 Å². The fourth-order valence-corrected chi connectivity index (χ4v) is 3.92. The number of rotatable bonds is 4. The van der Waals surface area contributed by atoms with Crippen LogP contribution in [-0.4, -0.2) is 22.7 Å². The average Bonchev–Trinajstić information content (AvgIpc) is 3.16. The molecular weight excluding hydrogens is 248 g/mol. The van der Waals surface area contributed by atoms with Crippen molar-refractivity contribution in [3.63, 3.8) is 0 Å². The SMILES string of the molecule is CC[C@H](O)c1ccc(N2CCCC2C2CCCC2)cn1. The summed E-state index contributed by atoms with van der Waals surface area (Å²) in [5.41, 5.74) is 2.04. The quantitative estimate of drug-likeness (QED) is 0.909. The lowest BCUT2D eigenvalue weighted by Crippen LogP contribution is -2.34. The second-order valence-electron chi connectivity index (χ2n) is 6.31. The van der Waals surface area contributed by atoms with Gasteiger partial charge in [0.1, 0.15) is 0 Å². The Morgan fingerprint density at radius 2 is 2.05 bits per heavy atom. The maximum Gasteiger partial charge on any atom is 0.0957 e. The summed E-state index contributed by atoms with van der Waals surface area (Å²) in [7, 11) is 0. The molecule has 3 rings (SSSR count). The number of anilines is 1. The zero-order valence-electron chi connectivity index (χ0n) is 12.5. The summed E-state index contributed by atoms with van der Waals surface area (Å²) in [6.45, 7) is 3.15. The Hall–Kier alpha value is -1.09. The van der Waals surface area contributed by atoms with Crippen LogP contribution in [0.2, 0.25) is 0 Å². The molecule has 20 heavy (non-hydrogen) atoms. The van der Waals surface area contributed by atoms with E-state index >= 15 is 0 Å². The maximum absolute atomic E-state index is 9.83. The van der Waals surface area contributed by atoms with E-state index in [4.69, 9.17) is 0 Å². The highest BCUT2D eigenvalue weighted by Gasteiger charge is 2.33. The number of hydrogen-bond donors (Lipinski definition) is 1. The number of nitrogens with zero attached hydrogens (tertiary/aromatic N) is 2. The molecule has 0 aromatic carbocycles. The van der Waals surface area contributed by atoms with Crippen molar-refractivity contribution in [3.05, 3.63) is 24.0 Å². The summed E-state index contributed by atoms with van der Waals surface area (Å²) < 4.78 is 0. The molecule has 1 N–H and O–H groups in total. The monoisotopic (exact) mass is 274 g/mol. The van der Waals surface area contributed by atoms with Gasteiger partial charge in [-0.25, -0.2) is 0 Å². The van der Waals surface area contributed by atoms with Crippen LogP contribution in [0.15, 0.2) is 18.3 Å². The summed E-state index contributed by atoms with van der Waals surface area (Å²) in [4.78, 5) is 7.02. The predicted molar refractivity (Wildman–Crippen MR) is 81.8 cm³/mol. The molecule has 0 bridgehead atoms. The van der Waals surface area contributed by atoms with E-state index in [1.54, 1.807) is 0 Å². The number of aliphatic hydroxyl groups excluding tert-OH is 1. The van der Waals surface area contributed by atoms with Gasteiger partial charge in [0.05, 0.1) is 23.7 Å². The lowest BCUT2D eigenvalue weighted by atomic mass is 9.96. The van der Waals surface area contributed by atoms with E-state index in [1.807, 2.05) is 19.2 Å². The molecule has 0 spiro atoms. The molecular formula is C17H26N2O. The van der Waals surface area contributed by atoms with E-state index in [0.29, 0.717) is 0 Å². The second-order valence-corrected chi connectivity index (χ2v) is 6.31. The van der Waals surface area contributed by atoms with Gasteiger partial charge in [-0.15, -0.1) is 0 Å². The molecule has 1 aliphatic carbocycles. The molecule has 1 aliphatic heterocycles. The van der Waals surface area contributed by atoms with Crippen LogP contribution in [-0.2, 0) is 0 Å². The second kappa shape index (κ2) is 6.13. The molecule has 0 amide bonds. The molecule has 1 unspecified atom stereocenters.